The molecule has 1 aliphatic heterocycles. The highest BCUT2D eigenvalue weighted by molar-refractivity contribution is 5.89. The van der Waals surface area contributed by atoms with Gasteiger partial charge in [0.2, 0.25) is 0 Å². The summed E-state index contributed by atoms with van der Waals surface area (Å²) >= 11 is 0. The quantitative estimate of drug-likeness (QED) is 0.531. The van der Waals surface area contributed by atoms with Gasteiger partial charge in [-0.1, -0.05) is 30.3 Å². The number of non-ortho nitro benzene ring substituents is 1. The maximum Gasteiger partial charge on any atom is 0.338 e. The summed E-state index contributed by atoms with van der Waals surface area (Å²) in [5.41, 5.74) is 1.42. The Morgan fingerprint density at radius 3 is 2.50 bits per heavy atom. The molecule has 124 valence electrons. The topological polar surface area (TPSA) is 81.5 Å². The number of ether oxygens (including phenoxy) is 1. The number of nitrogens with one attached hydrogen (secondary N) is 1. The first-order valence-electron chi connectivity index (χ1n) is 7.86. The van der Waals surface area contributed by atoms with E-state index in [1.165, 1.54) is 24.3 Å². The Morgan fingerprint density at radius 1 is 1.12 bits per heavy atom. The van der Waals surface area contributed by atoms with Crippen LogP contribution in [0.2, 0.25) is 0 Å². The predicted molar refractivity (Wildman–Crippen MR) is 89.0 cm³/mol. The van der Waals surface area contributed by atoms with Crippen LogP contribution in [0.1, 0.15) is 28.3 Å². The maximum absolute atomic E-state index is 12.4. The fourth-order valence-electron chi connectivity index (χ4n) is 2.96. The minimum Gasteiger partial charge on any atom is -0.457 e. The van der Waals surface area contributed by atoms with Gasteiger partial charge >= 0.3 is 5.97 Å². The summed E-state index contributed by atoms with van der Waals surface area (Å²) < 4.78 is 5.67. The third kappa shape index (κ3) is 3.60. The van der Waals surface area contributed by atoms with Gasteiger partial charge in [-0.05, 0) is 30.7 Å². The monoisotopic (exact) mass is 326 g/mol. The Morgan fingerprint density at radius 2 is 1.83 bits per heavy atom. The third-order valence-corrected chi connectivity index (χ3v) is 4.23. The molecule has 1 fully saturated rings. The number of hydrogen-bond donors (Lipinski definition) is 1. The van der Waals surface area contributed by atoms with E-state index in [1.54, 1.807) is 0 Å². The number of carbonyl (C=O) groups is 1. The zero-order valence-corrected chi connectivity index (χ0v) is 13.1. The minimum atomic E-state index is -0.494. The lowest BCUT2D eigenvalue weighted by Crippen LogP contribution is -2.42. The van der Waals surface area contributed by atoms with E-state index < -0.39 is 10.9 Å². The molecule has 2 atom stereocenters. The molecule has 0 radical (unpaired) electrons. The number of rotatable bonds is 4. The summed E-state index contributed by atoms with van der Waals surface area (Å²) in [7, 11) is 0. The van der Waals surface area contributed by atoms with E-state index in [4.69, 9.17) is 4.74 Å². The first kappa shape index (κ1) is 16.1. The van der Waals surface area contributed by atoms with E-state index in [0.29, 0.717) is 12.1 Å². The van der Waals surface area contributed by atoms with E-state index in [9.17, 15) is 14.9 Å². The van der Waals surface area contributed by atoms with Gasteiger partial charge < -0.3 is 10.1 Å². The van der Waals surface area contributed by atoms with Crippen LogP contribution in [0.3, 0.4) is 0 Å². The molecule has 6 heteroatoms. The zero-order valence-electron chi connectivity index (χ0n) is 13.1. The van der Waals surface area contributed by atoms with Crippen LogP contribution < -0.4 is 5.32 Å². The number of piperidine rings is 1. The molecule has 1 N–H and O–H groups in total. The lowest BCUT2D eigenvalue weighted by Gasteiger charge is -2.32. The number of benzene rings is 2. The molecule has 0 saturated carbocycles. The molecule has 24 heavy (non-hydrogen) atoms. The van der Waals surface area contributed by atoms with Crippen molar-refractivity contribution < 1.29 is 14.5 Å². The Balaban J connectivity index is 1.73. The van der Waals surface area contributed by atoms with Crippen molar-refractivity contribution in [3.05, 3.63) is 75.8 Å². The van der Waals surface area contributed by atoms with Crippen LogP contribution in [0.5, 0.6) is 0 Å². The third-order valence-electron chi connectivity index (χ3n) is 4.23. The van der Waals surface area contributed by atoms with Gasteiger partial charge in [-0.3, -0.25) is 10.1 Å². The minimum absolute atomic E-state index is 0.0481. The Bertz CT molecular complexity index is 716. The van der Waals surface area contributed by atoms with Crippen molar-refractivity contribution in [1.82, 2.24) is 5.32 Å². The average Bonchev–Trinajstić information content (AvgIpc) is 2.63. The molecule has 1 aliphatic rings. The summed E-state index contributed by atoms with van der Waals surface area (Å²) in [6, 6.07) is 15.5. The van der Waals surface area contributed by atoms with Crippen LogP contribution in [-0.2, 0) is 4.74 Å². The van der Waals surface area contributed by atoms with Crippen molar-refractivity contribution in [2.24, 2.45) is 0 Å². The van der Waals surface area contributed by atoms with Crippen molar-refractivity contribution in [2.45, 2.75) is 18.4 Å². The van der Waals surface area contributed by atoms with Crippen molar-refractivity contribution in [3.63, 3.8) is 0 Å². The van der Waals surface area contributed by atoms with Crippen LogP contribution in [0, 0.1) is 10.1 Å². The van der Waals surface area contributed by atoms with Crippen LogP contribution >= 0.6 is 0 Å². The fraction of sp³-hybridized carbons (Fsp3) is 0.278. The van der Waals surface area contributed by atoms with E-state index >= 15 is 0 Å². The van der Waals surface area contributed by atoms with Crippen LogP contribution in [-0.4, -0.2) is 30.1 Å². The SMILES string of the molecule is O=C(O[C@H]1CNCCC1c1ccccc1)c1ccc([N+](=O)[O-])cc1. The molecule has 1 saturated heterocycles. The molecule has 0 amide bonds. The molecule has 0 aromatic heterocycles. The summed E-state index contributed by atoms with van der Waals surface area (Å²) in [5, 5.41) is 13.9. The molecule has 1 heterocycles. The normalized spacial score (nSPS) is 20.3. The first-order chi connectivity index (χ1) is 11.6. The number of hydrogen-bond acceptors (Lipinski definition) is 5. The fourth-order valence-corrected chi connectivity index (χ4v) is 2.96. The first-order valence-corrected chi connectivity index (χ1v) is 7.86. The van der Waals surface area contributed by atoms with E-state index in [0.717, 1.165) is 18.5 Å². The summed E-state index contributed by atoms with van der Waals surface area (Å²) in [6.45, 7) is 1.48. The van der Waals surface area contributed by atoms with Crippen molar-refractivity contribution in [2.75, 3.05) is 13.1 Å². The predicted octanol–water partition coefficient (Wildman–Crippen LogP) is 2.90. The van der Waals surface area contributed by atoms with Gasteiger partial charge in [0.25, 0.3) is 5.69 Å². The van der Waals surface area contributed by atoms with E-state index in [1.807, 2.05) is 30.3 Å². The molecule has 6 nitrogen and oxygen atoms in total. The van der Waals surface area contributed by atoms with Gasteiger partial charge in [0.15, 0.2) is 0 Å². The lowest BCUT2D eigenvalue weighted by molar-refractivity contribution is -0.384. The molecule has 1 unspecified atom stereocenters. The highest BCUT2D eigenvalue weighted by Crippen LogP contribution is 2.28. The van der Waals surface area contributed by atoms with Crippen molar-refractivity contribution in [3.8, 4) is 0 Å². The van der Waals surface area contributed by atoms with E-state index in [-0.39, 0.29) is 17.7 Å². The van der Waals surface area contributed by atoms with Gasteiger partial charge in [-0.15, -0.1) is 0 Å². The number of nitrogens with zero attached hydrogens (tertiary/aromatic N) is 1. The number of esters is 1. The number of nitro groups is 1. The number of carbonyl (C=O) groups excluding carboxylic acids is 1. The van der Waals surface area contributed by atoms with Crippen LogP contribution in [0.4, 0.5) is 5.69 Å². The summed E-state index contributed by atoms with van der Waals surface area (Å²) in [6.07, 6.45) is 0.631. The van der Waals surface area contributed by atoms with Crippen LogP contribution in [0.15, 0.2) is 54.6 Å². The Kier molecular flexibility index (Phi) is 4.86. The Labute approximate surface area is 139 Å². The molecule has 0 aliphatic carbocycles. The summed E-state index contributed by atoms with van der Waals surface area (Å²) in [5.74, 6) is -0.311. The second kappa shape index (κ2) is 7.23. The maximum atomic E-state index is 12.4. The second-order valence-corrected chi connectivity index (χ2v) is 5.76. The second-order valence-electron chi connectivity index (χ2n) is 5.76. The van der Waals surface area contributed by atoms with Crippen LogP contribution in [0.25, 0.3) is 0 Å². The highest BCUT2D eigenvalue weighted by atomic mass is 16.6. The lowest BCUT2D eigenvalue weighted by atomic mass is 9.88. The van der Waals surface area contributed by atoms with E-state index in [2.05, 4.69) is 5.32 Å². The molecular weight excluding hydrogens is 308 g/mol. The molecule has 2 aromatic rings. The average molecular weight is 326 g/mol. The van der Waals surface area contributed by atoms with Gasteiger partial charge in [-0.2, -0.15) is 0 Å². The molecule has 0 spiro atoms. The smallest absolute Gasteiger partial charge is 0.338 e. The molecular formula is C18H18N2O4. The zero-order chi connectivity index (χ0) is 16.9. The van der Waals surface area contributed by atoms with Gasteiger partial charge in [-0.25, -0.2) is 4.79 Å². The van der Waals surface area contributed by atoms with Gasteiger partial charge in [0.05, 0.1) is 10.5 Å². The molecule has 2 aromatic carbocycles. The largest absolute Gasteiger partial charge is 0.457 e. The Hall–Kier alpha value is -2.73. The van der Waals surface area contributed by atoms with Gasteiger partial charge in [0.1, 0.15) is 6.10 Å². The molecule has 3 rings (SSSR count). The van der Waals surface area contributed by atoms with Gasteiger partial charge in [0, 0.05) is 24.6 Å². The summed E-state index contributed by atoms with van der Waals surface area (Å²) in [4.78, 5) is 22.5. The number of nitro benzene ring substituents is 1. The standard InChI is InChI=1S/C18H18N2O4/c21-18(14-6-8-15(9-7-14)20(22)23)24-17-12-19-11-10-16(17)13-4-2-1-3-5-13/h1-9,16-17,19H,10-12H2/t16?,17-/m0/s1. The van der Waals surface area contributed by atoms with Crippen molar-refractivity contribution in [1.29, 1.82) is 0 Å². The highest BCUT2D eigenvalue weighted by Gasteiger charge is 2.29. The molecule has 0 bridgehead atoms. The van der Waals surface area contributed by atoms with Crippen molar-refractivity contribution >= 4 is 11.7 Å².